The van der Waals surface area contributed by atoms with Crippen molar-refractivity contribution in [3.05, 3.63) is 27.1 Å². The minimum Gasteiger partial charge on any atom is -0.295 e. The van der Waals surface area contributed by atoms with Crippen molar-refractivity contribution < 1.29 is 12.3 Å². The molecular formula is C9H8BrFN2O3S. The van der Waals surface area contributed by atoms with Crippen LogP contribution >= 0.6 is 15.9 Å². The largest absolute Gasteiger partial charge is 0.333 e. The summed E-state index contributed by atoms with van der Waals surface area (Å²) < 4.78 is 37.5. The highest BCUT2D eigenvalue weighted by atomic mass is 79.9. The van der Waals surface area contributed by atoms with Gasteiger partial charge in [0.05, 0.1) is 11.0 Å². The van der Waals surface area contributed by atoms with Crippen LogP contribution in [0, 0.1) is 0 Å². The van der Waals surface area contributed by atoms with Crippen molar-refractivity contribution in [1.82, 2.24) is 9.13 Å². The van der Waals surface area contributed by atoms with Crippen molar-refractivity contribution >= 4 is 37.2 Å². The predicted octanol–water partition coefficient (Wildman–Crippen LogP) is 1.30. The maximum atomic E-state index is 13.0. The van der Waals surface area contributed by atoms with Crippen LogP contribution in [0.25, 0.3) is 11.0 Å². The second-order valence-electron chi connectivity index (χ2n) is 3.61. The van der Waals surface area contributed by atoms with E-state index in [4.69, 9.17) is 0 Å². The minimum atomic E-state index is -4.82. The first-order chi connectivity index (χ1) is 7.73. The average Bonchev–Trinajstić information content (AvgIpc) is 2.41. The summed E-state index contributed by atoms with van der Waals surface area (Å²) in [5.74, 6) is 0. The van der Waals surface area contributed by atoms with Gasteiger partial charge in [-0.05, 0) is 28.1 Å². The number of halogens is 2. The zero-order valence-corrected chi connectivity index (χ0v) is 11.3. The van der Waals surface area contributed by atoms with E-state index >= 15 is 0 Å². The fourth-order valence-electron chi connectivity index (χ4n) is 1.69. The summed E-state index contributed by atoms with van der Waals surface area (Å²) in [6.07, 6.45) is 0. The first-order valence-electron chi connectivity index (χ1n) is 4.53. The van der Waals surface area contributed by atoms with Gasteiger partial charge in [0.1, 0.15) is 4.90 Å². The van der Waals surface area contributed by atoms with Gasteiger partial charge >= 0.3 is 15.9 Å². The Balaban J connectivity index is 3.01. The molecule has 1 heterocycles. The second kappa shape index (κ2) is 3.67. The fourth-order valence-corrected chi connectivity index (χ4v) is 3.14. The Hall–Kier alpha value is -1.15. The summed E-state index contributed by atoms with van der Waals surface area (Å²) in [6.45, 7) is 0. The summed E-state index contributed by atoms with van der Waals surface area (Å²) >= 11 is 2.98. The van der Waals surface area contributed by atoms with Crippen LogP contribution in [0.3, 0.4) is 0 Å². The fraction of sp³-hybridized carbons (Fsp3) is 0.222. The third-order valence-electron chi connectivity index (χ3n) is 2.59. The molecule has 0 N–H and O–H groups in total. The molecule has 5 nitrogen and oxygen atoms in total. The Morgan fingerprint density at radius 1 is 1.18 bits per heavy atom. The lowest BCUT2D eigenvalue weighted by Crippen LogP contribution is -2.19. The number of hydrogen-bond donors (Lipinski definition) is 0. The average molecular weight is 323 g/mol. The van der Waals surface area contributed by atoms with E-state index in [9.17, 15) is 17.1 Å². The van der Waals surface area contributed by atoms with E-state index < -0.39 is 15.1 Å². The van der Waals surface area contributed by atoms with Crippen LogP contribution in [-0.2, 0) is 24.3 Å². The molecule has 0 radical (unpaired) electrons. The molecule has 0 fully saturated rings. The molecule has 92 valence electrons. The number of fused-ring (bicyclic) bond motifs is 1. The van der Waals surface area contributed by atoms with E-state index in [1.807, 2.05) is 0 Å². The molecular weight excluding hydrogens is 315 g/mol. The van der Waals surface area contributed by atoms with Gasteiger partial charge in [-0.15, -0.1) is 3.89 Å². The minimum absolute atomic E-state index is 0.0914. The third kappa shape index (κ3) is 1.81. The molecule has 2 aromatic rings. The van der Waals surface area contributed by atoms with Gasteiger partial charge in [0.2, 0.25) is 0 Å². The molecule has 0 bridgehead atoms. The summed E-state index contributed by atoms with van der Waals surface area (Å²) in [4.78, 5) is 11.1. The van der Waals surface area contributed by atoms with Crippen LogP contribution in [0.1, 0.15) is 0 Å². The van der Waals surface area contributed by atoms with Gasteiger partial charge < -0.3 is 0 Å². The lowest BCUT2D eigenvalue weighted by molar-refractivity contribution is 0.551. The number of hydrogen-bond acceptors (Lipinski definition) is 3. The molecule has 8 heteroatoms. The molecule has 1 aromatic carbocycles. The van der Waals surface area contributed by atoms with Crippen molar-refractivity contribution in [3.8, 4) is 0 Å². The lowest BCUT2D eigenvalue weighted by atomic mass is 10.3. The smallest absolute Gasteiger partial charge is 0.295 e. The molecule has 0 aliphatic carbocycles. The number of aryl methyl sites for hydroxylation is 2. The molecule has 0 atom stereocenters. The molecule has 0 aliphatic rings. The molecule has 0 amide bonds. The Morgan fingerprint density at radius 3 is 2.12 bits per heavy atom. The Bertz CT molecular complexity index is 776. The number of aromatic nitrogens is 2. The van der Waals surface area contributed by atoms with Crippen molar-refractivity contribution in [1.29, 1.82) is 0 Å². The van der Waals surface area contributed by atoms with Gasteiger partial charge in [-0.3, -0.25) is 9.13 Å². The highest BCUT2D eigenvalue weighted by molar-refractivity contribution is 9.10. The van der Waals surface area contributed by atoms with E-state index in [1.54, 1.807) is 7.05 Å². The maximum absolute atomic E-state index is 13.0. The van der Waals surface area contributed by atoms with Crippen molar-refractivity contribution in [2.45, 2.75) is 4.90 Å². The topological polar surface area (TPSA) is 61.1 Å². The third-order valence-corrected chi connectivity index (χ3v) is 4.37. The van der Waals surface area contributed by atoms with Crippen LogP contribution in [0.5, 0.6) is 0 Å². The Labute approximate surface area is 105 Å². The standard InChI is InChI=1S/C9H8BrFN2O3S/c1-12-6-3-5(10)8(17(11,15)16)4-7(6)13(2)9(12)14/h3-4H,1-2H3. The van der Waals surface area contributed by atoms with Gasteiger partial charge in [0, 0.05) is 18.6 Å². The van der Waals surface area contributed by atoms with Gasteiger partial charge in [-0.25, -0.2) is 4.79 Å². The van der Waals surface area contributed by atoms with Crippen LogP contribution < -0.4 is 5.69 Å². The van der Waals surface area contributed by atoms with Crippen molar-refractivity contribution in [2.24, 2.45) is 14.1 Å². The molecule has 0 saturated carbocycles. The first kappa shape index (κ1) is 12.3. The molecule has 1 aromatic heterocycles. The molecule has 0 spiro atoms. The van der Waals surface area contributed by atoms with Gasteiger partial charge in [-0.1, -0.05) is 0 Å². The van der Waals surface area contributed by atoms with Crippen LogP contribution in [0.15, 0.2) is 26.3 Å². The molecule has 0 saturated heterocycles. The van der Waals surface area contributed by atoms with Gasteiger partial charge in [-0.2, -0.15) is 8.42 Å². The zero-order valence-electron chi connectivity index (χ0n) is 8.94. The molecule has 2 rings (SSSR count). The van der Waals surface area contributed by atoms with Gasteiger partial charge in [0.25, 0.3) is 0 Å². The molecule has 0 aliphatic heterocycles. The second-order valence-corrected chi connectivity index (χ2v) is 5.78. The quantitative estimate of drug-likeness (QED) is 0.743. The molecule has 17 heavy (non-hydrogen) atoms. The van der Waals surface area contributed by atoms with Crippen molar-refractivity contribution in [3.63, 3.8) is 0 Å². The molecule has 0 unspecified atom stereocenters. The Kier molecular flexibility index (Phi) is 2.66. The lowest BCUT2D eigenvalue weighted by Gasteiger charge is -2.01. The summed E-state index contributed by atoms with van der Waals surface area (Å²) in [6, 6.07) is 2.54. The summed E-state index contributed by atoms with van der Waals surface area (Å²) in [5, 5.41) is 0. The van der Waals surface area contributed by atoms with Crippen LogP contribution in [0.2, 0.25) is 0 Å². The van der Waals surface area contributed by atoms with Gasteiger partial charge in [0.15, 0.2) is 0 Å². The van der Waals surface area contributed by atoms with E-state index in [1.165, 1.54) is 22.2 Å². The SMILES string of the molecule is Cn1c(=O)n(C)c2cc(S(=O)(=O)F)c(Br)cc21. The number of benzene rings is 1. The van der Waals surface area contributed by atoms with E-state index in [0.29, 0.717) is 11.0 Å². The highest BCUT2D eigenvalue weighted by Crippen LogP contribution is 2.28. The predicted molar refractivity (Wildman–Crippen MR) is 64.2 cm³/mol. The van der Waals surface area contributed by atoms with Crippen LogP contribution in [-0.4, -0.2) is 17.6 Å². The monoisotopic (exact) mass is 322 g/mol. The first-order valence-corrected chi connectivity index (χ1v) is 6.70. The highest BCUT2D eigenvalue weighted by Gasteiger charge is 2.19. The van der Waals surface area contributed by atoms with Crippen molar-refractivity contribution in [2.75, 3.05) is 0 Å². The number of nitrogens with zero attached hydrogens (tertiary/aromatic N) is 2. The maximum Gasteiger partial charge on any atom is 0.333 e. The number of imidazole rings is 1. The zero-order chi connectivity index (χ0) is 13.0. The summed E-state index contributed by atoms with van der Waals surface area (Å²) in [7, 11) is -1.77. The summed E-state index contributed by atoms with van der Waals surface area (Å²) in [5.41, 5.74) is 0.578. The van der Waals surface area contributed by atoms with Crippen LogP contribution in [0.4, 0.5) is 3.89 Å². The number of rotatable bonds is 1. The van der Waals surface area contributed by atoms with E-state index in [0.717, 1.165) is 6.07 Å². The van der Waals surface area contributed by atoms with E-state index in [-0.39, 0.29) is 10.2 Å². The van der Waals surface area contributed by atoms with E-state index in [2.05, 4.69) is 15.9 Å². The Morgan fingerprint density at radius 2 is 1.65 bits per heavy atom. The normalized spacial score (nSPS) is 12.2.